The van der Waals surface area contributed by atoms with Crippen molar-refractivity contribution in [3.05, 3.63) is 52.3 Å². The fourth-order valence-corrected chi connectivity index (χ4v) is 4.00. The molecule has 162 valence electrons. The molecule has 1 aliphatic heterocycles. The van der Waals surface area contributed by atoms with Gasteiger partial charge in [0, 0.05) is 36.6 Å². The number of nitrogens with one attached hydrogen (secondary N) is 1. The number of ether oxygens (including phenoxy) is 2. The summed E-state index contributed by atoms with van der Waals surface area (Å²) in [5, 5.41) is 0. The highest BCUT2D eigenvalue weighted by Gasteiger charge is 2.24. The van der Waals surface area contributed by atoms with Gasteiger partial charge in [-0.25, -0.2) is 4.79 Å². The number of esters is 1. The number of likely N-dealkylation sites (N-methyl/N-ethyl adjacent to an activating group) is 1. The van der Waals surface area contributed by atoms with Gasteiger partial charge < -0.3 is 19.4 Å². The van der Waals surface area contributed by atoms with Crippen LogP contribution in [0.25, 0.3) is 0 Å². The standard InChI is InChI=1S/C23H31N3O4/c1-5-30-23(28)22-16(2)21(17(3)24-22)20(27)15-25(4)14-18-8-6-7-9-19(18)26-10-12-29-13-11-26/h6-9,24H,5,10-15H2,1-4H3. The third-order valence-corrected chi connectivity index (χ3v) is 5.39. The van der Waals surface area contributed by atoms with E-state index in [-0.39, 0.29) is 12.3 Å². The van der Waals surface area contributed by atoms with Gasteiger partial charge >= 0.3 is 5.97 Å². The number of benzene rings is 1. The molecule has 0 radical (unpaired) electrons. The van der Waals surface area contributed by atoms with E-state index in [1.54, 1.807) is 13.8 Å². The van der Waals surface area contributed by atoms with Crippen molar-refractivity contribution in [2.24, 2.45) is 0 Å². The number of aromatic nitrogens is 1. The average Bonchev–Trinajstić information content (AvgIpc) is 3.03. The lowest BCUT2D eigenvalue weighted by Gasteiger charge is -2.31. The lowest BCUT2D eigenvalue weighted by Crippen LogP contribution is -2.37. The van der Waals surface area contributed by atoms with E-state index in [1.807, 2.05) is 31.0 Å². The molecule has 0 atom stereocenters. The summed E-state index contributed by atoms with van der Waals surface area (Å²) in [6.45, 7) is 9.80. The molecule has 3 rings (SSSR count). The Morgan fingerprint density at radius 2 is 1.90 bits per heavy atom. The van der Waals surface area contributed by atoms with Crippen LogP contribution in [0.5, 0.6) is 0 Å². The first kappa shape index (κ1) is 22.1. The summed E-state index contributed by atoms with van der Waals surface area (Å²) in [5.74, 6) is -0.437. The van der Waals surface area contributed by atoms with Gasteiger partial charge in [-0.2, -0.15) is 0 Å². The zero-order chi connectivity index (χ0) is 21.7. The summed E-state index contributed by atoms with van der Waals surface area (Å²) in [6, 6.07) is 8.31. The Balaban J connectivity index is 1.71. The number of nitrogens with zero attached hydrogens (tertiary/aromatic N) is 2. The molecule has 1 fully saturated rings. The number of rotatable bonds is 8. The van der Waals surface area contributed by atoms with Gasteiger partial charge in [0.1, 0.15) is 5.69 Å². The monoisotopic (exact) mass is 413 g/mol. The van der Waals surface area contributed by atoms with Crippen LogP contribution in [-0.2, 0) is 16.0 Å². The quantitative estimate of drug-likeness (QED) is 0.530. The Bertz CT molecular complexity index is 900. The van der Waals surface area contributed by atoms with E-state index >= 15 is 0 Å². The number of hydrogen-bond donors (Lipinski definition) is 1. The molecule has 1 aromatic heterocycles. The van der Waals surface area contributed by atoms with Crippen molar-refractivity contribution in [1.29, 1.82) is 0 Å². The maximum atomic E-state index is 13.0. The number of ketones is 1. The SMILES string of the molecule is CCOC(=O)c1[nH]c(C)c(C(=O)CN(C)Cc2ccccc2N2CCOCC2)c1C. The first-order valence-electron chi connectivity index (χ1n) is 10.4. The van der Waals surface area contributed by atoms with Gasteiger partial charge in [0.05, 0.1) is 26.4 Å². The molecule has 1 aliphatic rings. The fourth-order valence-electron chi connectivity index (χ4n) is 4.00. The number of aryl methyl sites for hydroxylation is 1. The number of carbonyl (C=O) groups excluding carboxylic acids is 2. The smallest absolute Gasteiger partial charge is 0.355 e. The third kappa shape index (κ3) is 4.91. The molecule has 0 amide bonds. The van der Waals surface area contributed by atoms with Crippen LogP contribution in [0.1, 0.15) is 44.6 Å². The Hall–Kier alpha value is -2.64. The number of para-hydroxylation sites is 1. The van der Waals surface area contributed by atoms with Crippen molar-refractivity contribution in [2.45, 2.75) is 27.3 Å². The average molecular weight is 414 g/mol. The van der Waals surface area contributed by atoms with Gasteiger partial charge in [-0.1, -0.05) is 18.2 Å². The third-order valence-electron chi connectivity index (χ3n) is 5.39. The molecule has 0 spiro atoms. The van der Waals surface area contributed by atoms with Crippen LogP contribution in [0.2, 0.25) is 0 Å². The number of H-pyrrole nitrogens is 1. The van der Waals surface area contributed by atoms with E-state index < -0.39 is 5.97 Å². The van der Waals surface area contributed by atoms with Crippen molar-refractivity contribution in [3.63, 3.8) is 0 Å². The number of aromatic amines is 1. The maximum Gasteiger partial charge on any atom is 0.355 e. The van der Waals surface area contributed by atoms with Gasteiger partial charge in [-0.05, 0) is 45.0 Å². The lowest BCUT2D eigenvalue weighted by molar-refractivity contribution is 0.0519. The van der Waals surface area contributed by atoms with Crippen LogP contribution < -0.4 is 4.90 Å². The molecule has 1 aromatic carbocycles. The zero-order valence-electron chi connectivity index (χ0n) is 18.3. The highest BCUT2D eigenvalue weighted by Crippen LogP contribution is 2.24. The minimum Gasteiger partial charge on any atom is -0.461 e. The highest BCUT2D eigenvalue weighted by atomic mass is 16.5. The van der Waals surface area contributed by atoms with E-state index in [1.165, 1.54) is 11.3 Å². The first-order valence-corrected chi connectivity index (χ1v) is 10.4. The second kappa shape index (κ2) is 9.91. The van der Waals surface area contributed by atoms with Crippen LogP contribution >= 0.6 is 0 Å². The van der Waals surface area contributed by atoms with Crippen molar-refractivity contribution in [3.8, 4) is 0 Å². The van der Waals surface area contributed by atoms with Gasteiger partial charge in [0.15, 0.2) is 5.78 Å². The molecule has 30 heavy (non-hydrogen) atoms. The summed E-state index contributed by atoms with van der Waals surface area (Å²) in [5.41, 5.74) is 4.66. The predicted molar refractivity (Wildman–Crippen MR) is 116 cm³/mol. The van der Waals surface area contributed by atoms with Crippen molar-refractivity contribution >= 4 is 17.4 Å². The number of anilines is 1. The summed E-state index contributed by atoms with van der Waals surface area (Å²) in [4.78, 5) is 32.5. The number of carbonyl (C=O) groups is 2. The van der Waals surface area contributed by atoms with Gasteiger partial charge in [0.2, 0.25) is 0 Å². The molecule has 2 aromatic rings. The molecule has 7 heteroatoms. The molecule has 2 heterocycles. The second-order valence-electron chi connectivity index (χ2n) is 7.67. The van der Waals surface area contributed by atoms with Crippen LogP contribution in [0.3, 0.4) is 0 Å². The van der Waals surface area contributed by atoms with E-state index in [0.29, 0.717) is 35.7 Å². The van der Waals surface area contributed by atoms with Gasteiger partial charge in [-0.15, -0.1) is 0 Å². The number of Topliss-reactive ketones (excluding diaryl/α,β-unsaturated/α-hetero) is 1. The Morgan fingerprint density at radius 3 is 2.60 bits per heavy atom. The molecule has 7 nitrogen and oxygen atoms in total. The highest BCUT2D eigenvalue weighted by molar-refractivity contribution is 6.03. The van der Waals surface area contributed by atoms with Crippen LogP contribution in [-0.4, -0.2) is 68.1 Å². The topological polar surface area (TPSA) is 74.9 Å². The summed E-state index contributed by atoms with van der Waals surface area (Å²) < 4.78 is 10.5. The van der Waals surface area contributed by atoms with E-state index in [0.717, 1.165) is 26.3 Å². The molecule has 0 unspecified atom stereocenters. The first-order chi connectivity index (χ1) is 14.4. The molecular weight excluding hydrogens is 382 g/mol. The molecule has 1 saturated heterocycles. The minimum absolute atomic E-state index is 0.0110. The van der Waals surface area contributed by atoms with E-state index in [9.17, 15) is 9.59 Å². The van der Waals surface area contributed by atoms with E-state index in [2.05, 4.69) is 22.0 Å². The molecule has 0 saturated carbocycles. The minimum atomic E-state index is -0.426. The predicted octanol–water partition coefficient (Wildman–Crippen LogP) is 2.96. The van der Waals surface area contributed by atoms with Crippen molar-refractivity contribution in [2.75, 3.05) is 51.4 Å². The van der Waals surface area contributed by atoms with Crippen LogP contribution in [0.4, 0.5) is 5.69 Å². The van der Waals surface area contributed by atoms with Crippen molar-refractivity contribution in [1.82, 2.24) is 9.88 Å². The largest absolute Gasteiger partial charge is 0.461 e. The summed E-state index contributed by atoms with van der Waals surface area (Å²) >= 11 is 0. The maximum absolute atomic E-state index is 13.0. The fraction of sp³-hybridized carbons (Fsp3) is 0.478. The molecule has 0 bridgehead atoms. The van der Waals surface area contributed by atoms with Crippen molar-refractivity contribution < 1.29 is 19.1 Å². The van der Waals surface area contributed by atoms with Gasteiger partial charge in [0.25, 0.3) is 0 Å². The molecular formula is C23H31N3O4. The second-order valence-corrected chi connectivity index (χ2v) is 7.67. The lowest BCUT2D eigenvalue weighted by atomic mass is 10.0. The number of hydrogen-bond acceptors (Lipinski definition) is 6. The molecule has 1 N–H and O–H groups in total. The Morgan fingerprint density at radius 1 is 1.20 bits per heavy atom. The molecule has 0 aliphatic carbocycles. The Labute approximate surface area is 178 Å². The number of morpholine rings is 1. The van der Waals surface area contributed by atoms with Crippen LogP contribution in [0.15, 0.2) is 24.3 Å². The summed E-state index contributed by atoms with van der Waals surface area (Å²) in [7, 11) is 1.94. The van der Waals surface area contributed by atoms with Gasteiger partial charge in [-0.3, -0.25) is 9.69 Å². The normalized spacial score (nSPS) is 14.2. The van der Waals surface area contributed by atoms with E-state index in [4.69, 9.17) is 9.47 Å². The summed E-state index contributed by atoms with van der Waals surface area (Å²) in [6.07, 6.45) is 0. The Kier molecular flexibility index (Phi) is 7.29. The van der Waals surface area contributed by atoms with Crippen LogP contribution in [0, 0.1) is 13.8 Å². The zero-order valence-corrected chi connectivity index (χ0v) is 18.3.